The number of hydrogen-bond acceptors (Lipinski definition) is 4. The fraction of sp³-hybridized carbons (Fsp3) is 0.429. The van der Waals surface area contributed by atoms with Crippen molar-refractivity contribution in [1.82, 2.24) is 24.9 Å². The van der Waals surface area contributed by atoms with Crippen molar-refractivity contribution in [3.8, 4) is 0 Å². The number of amides is 1. The van der Waals surface area contributed by atoms with Crippen LogP contribution in [0, 0.1) is 0 Å². The Morgan fingerprint density at radius 3 is 2.52 bits per heavy atom. The topological polar surface area (TPSA) is 102 Å². The minimum Gasteiger partial charge on any atom is -0.481 e. The van der Waals surface area contributed by atoms with Gasteiger partial charge >= 0.3 is 12.1 Å². The van der Waals surface area contributed by atoms with E-state index in [0.29, 0.717) is 0 Å². The average Bonchev–Trinajstić information content (AvgIpc) is 3.13. The highest BCUT2D eigenvalue weighted by molar-refractivity contribution is 5.92. The number of carbonyl (C=O) groups excluding carboxylic acids is 1. The standard InChI is InChI=1S/C14H16F3N5O3/c1-9(8-22-6-3-11(20-22)14(15,16)17)18-13(25)10-2-5-21(19-10)7-4-12(23)24/h2-3,5-6,9H,4,7-8H2,1H3,(H,18,25)(H,23,24). The van der Waals surface area contributed by atoms with E-state index >= 15 is 0 Å². The van der Waals surface area contributed by atoms with Gasteiger partial charge in [-0.25, -0.2) is 0 Å². The Hall–Kier alpha value is -2.85. The smallest absolute Gasteiger partial charge is 0.435 e. The van der Waals surface area contributed by atoms with Crippen molar-refractivity contribution < 1.29 is 27.9 Å². The van der Waals surface area contributed by atoms with Crippen LogP contribution in [0.25, 0.3) is 0 Å². The molecule has 0 aromatic carbocycles. The monoisotopic (exact) mass is 359 g/mol. The van der Waals surface area contributed by atoms with Crippen molar-refractivity contribution in [2.75, 3.05) is 0 Å². The van der Waals surface area contributed by atoms with Crippen molar-refractivity contribution >= 4 is 11.9 Å². The van der Waals surface area contributed by atoms with Gasteiger partial charge in [-0.1, -0.05) is 0 Å². The van der Waals surface area contributed by atoms with Crippen LogP contribution in [0.4, 0.5) is 13.2 Å². The lowest BCUT2D eigenvalue weighted by Crippen LogP contribution is -2.36. The number of rotatable bonds is 7. The number of aromatic nitrogens is 4. The van der Waals surface area contributed by atoms with E-state index in [9.17, 15) is 22.8 Å². The summed E-state index contributed by atoms with van der Waals surface area (Å²) in [4.78, 5) is 22.5. The zero-order valence-corrected chi connectivity index (χ0v) is 13.2. The molecule has 8 nitrogen and oxygen atoms in total. The molecule has 0 radical (unpaired) electrons. The number of carboxylic acids is 1. The van der Waals surface area contributed by atoms with Crippen LogP contribution in [0.3, 0.4) is 0 Å². The molecular weight excluding hydrogens is 343 g/mol. The van der Waals surface area contributed by atoms with Gasteiger partial charge in [0.1, 0.15) is 5.69 Å². The number of carboxylic acid groups (broad SMARTS) is 1. The molecule has 0 aliphatic rings. The van der Waals surface area contributed by atoms with Gasteiger partial charge in [-0.15, -0.1) is 0 Å². The van der Waals surface area contributed by atoms with Gasteiger partial charge in [-0.3, -0.25) is 19.0 Å². The van der Waals surface area contributed by atoms with Gasteiger partial charge in [0.15, 0.2) is 5.69 Å². The molecule has 11 heteroatoms. The third kappa shape index (κ3) is 5.33. The fourth-order valence-corrected chi connectivity index (χ4v) is 2.06. The van der Waals surface area contributed by atoms with Gasteiger partial charge in [0, 0.05) is 18.4 Å². The zero-order valence-electron chi connectivity index (χ0n) is 13.2. The van der Waals surface area contributed by atoms with Gasteiger partial charge in [-0.2, -0.15) is 23.4 Å². The number of carbonyl (C=O) groups is 2. The fourth-order valence-electron chi connectivity index (χ4n) is 2.06. The van der Waals surface area contributed by atoms with Crippen LogP contribution in [0.5, 0.6) is 0 Å². The van der Waals surface area contributed by atoms with Gasteiger partial charge in [-0.05, 0) is 19.1 Å². The molecule has 2 N–H and O–H groups in total. The molecule has 0 saturated carbocycles. The molecular formula is C14H16F3N5O3. The van der Waals surface area contributed by atoms with Gasteiger partial charge in [0.25, 0.3) is 5.91 Å². The van der Waals surface area contributed by atoms with Crippen LogP contribution in [0.1, 0.15) is 29.5 Å². The van der Waals surface area contributed by atoms with Crippen LogP contribution >= 0.6 is 0 Å². The van der Waals surface area contributed by atoms with Crippen molar-refractivity contribution in [3.05, 3.63) is 35.9 Å². The van der Waals surface area contributed by atoms with Crippen LogP contribution < -0.4 is 5.32 Å². The highest BCUT2D eigenvalue weighted by Gasteiger charge is 2.33. The molecule has 2 aromatic heterocycles. The molecule has 0 fully saturated rings. The number of nitrogens with zero attached hydrogens (tertiary/aromatic N) is 4. The summed E-state index contributed by atoms with van der Waals surface area (Å²) in [7, 11) is 0. The van der Waals surface area contributed by atoms with E-state index in [1.807, 2.05) is 0 Å². The van der Waals surface area contributed by atoms with Crippen LogP contribution in [-0.2, 0) is 24.1 Å². The second kappa shape index (κ2) is 7.36. The lowest BCUT2D eigenvalue weighted by atomic mass is 10.3. The highest BCUT2D eigenvalue weighted by atomic mass is 19.4. The number of aliphatic carboxylic acids is 1. The van der Waals surface area contributed by atoms with E-state index < -0.39 is 29.8 Å². The van der Waals surface area contributed by atoms with E-state index in [2.05, 4.69) is 15.5 Å². The first-order valence-corrected chi connectivity index (χ1v) is 7.32. The Bertz CT molecular complexity index is 753. The largest absolute Gasteiger partial charge is 0.481 e. The first-order chi connectivity index (χ1) is 11.6. The van der Waals surface area contributed by atoms with Crippen LogP contribution in [-0.4, -0.2) is 42.6 Å². The Balaban J connectivity index is 1.89. The second-order valence-corrected chi connectivity index (χ2v) is 5.40. The predicted octanol–water partition coefficient (Wildman–Crippen LogP) is 1.39. The Morgan fingerprint density at radius 1 is 1.24 bits per heavy atom. The second-order valence-electron chi connectivity index (χ2n) is 5.40. The molecule has 0 saturated heterocycles. The van der Waals surface area contributed by atoms with E-state index in [0.717, 1.165) is 10.7 Å². The summed E-state index contributed by atoms with van der Waals surface area (Å²) in [5.41, 5.74) is -0.906. The molecule has 1 amide bonds. The van der Waals surface area contributed by atoms with Gasteiger partial charge in [0.05, 0.1) is 19.5 Å². The maximum atomic E-state index is 12.5. The van der Waals surface area contributed by atoms with E-state index in [-0.39, 0.29) is 25.2 Å². The summed E-state index contributed by atoms with van der Waals surface area (Å²) in [6, 6.07) is 1.80. The van der Waals surface area contributed by atoms with Crippen molar-refractivity contribution in [3.63, 3.8) is 0 Å². The maximum Gasteiger partial charge on any atom is 0.435 e. The van der Waals surface area contributed by atoms with E-state index in [4.69, 9.17) is 5.11 Å². The molecule has 1 unspecified atom stereocenters. The highest BCUT2D eigenvalue weighted by Crippen LogP contribution is 2.27. The zero-order chi connectivity index (χ0) is 18.6. The Morgan fingerprint density at radius 2 is 1.92 bits per heavy atom. The molecule has 0 spiro atoms. The first kappa shape index (κ1) is 18.5. The minimum atomic E-state index is -4.51. The number of hydrogen-bond donors (Lipinski definition) is 2. The summed E-state index contributed by atoms with van der Waals surface area (Å²) in [5.74, 6) is -1.49. The summed E-state index contributed by atoms with van der Waals surface area (Å²) >= 11 is 0. The van der Waals surface area contributed by atoms with Crippen LogP contribution in [0.2, 0.25) is 0 Å². The third-order valence-corrected chi connectivity index (χ3v) is 3.20. The average molecular weight is 359 g/mol. The maximum absolute atomic E-state index is 12.5. The van der Waals surface area contributed by atoms with Crippen LogP contribution in [0.15, 0.2) is 24.5 Å². The van der Waals surface area contributed by atoms with Gasteiger partial charge in [0.2, 0.25) is 0 Å². The Labute approximate surface area is 140 Å². The number of halogens is 3. The van der Waals surface area contributed by atoms with Crippen molar-refractivity contribution in [2.45, 2.75) is 38.7 Å². The van der Waals surface area contributed by atoms with E-state index in [1.54, 1.807) is 6.92 Å². The van der Waals surface area contributed by atoms with Crippen molar-refractivity contribution in [1.29, 1.82) is 0 Å². The molecule has 0 bridgehead atoms. The molecule has 0 aliphatic carbocycles. The quantitative estimate of drug-likeness (QED) is 0.778. The number of aryl methyl sites for hydroxylation is 1. The van der Waals surface area contributed by atoms with Gasteiger partial charge < -0.3 is 10.4 Å². The lowest BCUT2D eigenvalue weighted by molar-refractivity contribution is -0.141. The molecule has 0 aliphatic heterocycles. The third-order valence-electron chi connectivity index (χ3n) is 3.20. The predicted molar refractivity (Wildman–Crippen MR) is 78.6 cm³/mol. The lowest BCUT2D eigenvalue weighted by Gasteiger charge is -2.13. The summed E-state index contributed by atoms with van der Waals surface area (Å²) in [5, 5.41) is 18.6. The minimum absolute atomic E-state index is 0.0571. The summed E-state index contributed by atoms with van der Waals surface area (Å²) in [6.45, 7) is 1.81. The molecule has 2 aromatic rings. The SMILES string of the molecule is CC(Cn1ccc(C(F)(F)F)n1)NC(=O)c1ccn(CCC(=O)O)n1. The molecule has 1 atom stereocenters. The summed E-state index contributed by atoms with van der Waals surface area (Å²) in [6.07, 6.45) is -1.97. The van der Waals surface area contributed by atoms with E-state index in [1.165, 1.54) is 23.1 Å². The normalized spacial score (nSPS) is 12.8. The first-order valence-electron chi connectivity index (χ1n) is 7.32. The molecule has 136 valence electrons. The Kier molecular flexibility index (Phi) is 5.45. The molecule has 2 heterocycles. The molecule has 25 heavy (non-hydrogen) atoms. The molecule has 2 rings (SSSR count). The van der Waals surface area contributed by atoms with Crippen molar-refractivity contribution in [2.24, 2.45) is 0 Å². The number of nitrogens with one attached hydrogen (secondary N) is 1. The summed E-state index contributed by atoms with van der Waals surface area (Å²) < 4.78 is 39.9. The number of alkyl halides is 3.